The van der Waals surface area contributed by atoms with Gasteiger partial charge in [0.1, 0.15) is 0 Å². The summed E-state index contributed by atoms with van der Waals surface area (Å²) < 4.78 is 6.20. The molecule has 0 spiro atoms. The number of hydrogen-bond donors (Lipinski definition) is 1. The Morgan fingerprint density at radius 1 is 1.07 bits per heavy atom. The Morgan fingerprint density at radius 2 is 1.81 bits per heavy atom. The first kappa shape index (κ1) is 19.7. The molecule has 4 rings (SSSR count). The number of ether oxygens (including phenoxy) is 1. The highest BCUT2D eigenvalue weighted by Gasteiger charge is 2.61. The van der Waals surface area contributed by atoms with Crippen molar-refractivity contribution in [2.45, 2.75) is 91.3 Å². The van der Waals surface area contributed by atoms with Crippen molar-refractivity contribution < 1.29 is 9.84 Å². The Bertz CT molecular complexity index is 598. The van der Waals surface area contributed by atoms with Gasteiger partial charge in [0.05, 0.1) is 24.2 Å². The summed E-state index contributed by atoms with van der Waals surface area (Å²) >= 11 is 0. The number of fused-ring (bicyclic) bond motifs is 5. The first-order chi connectivity index (χ1) is 12.8. The van der Waals surface area contributed by atoms with Gasteiger partial charge in [-0.2, -0.15) is 5.26 Å². The summed E-state index contributed by atoms with van der Waals surface area (Å²) in [6, 6.07) is 2.65. The van der Waals surface area contributed by atoms with E-state index in [9.17, 15) is 10.4 Å². The lowest BCUT2D eigenvalue weighted by molar-refractivity contribution is -0.173. The quantitative estimate of drug-likeness (QED) is 0.741. The number of rotatable bonds is 3. The van der Waals surface area contributed by atoms with Crippen LogP contribution < -0.4 is 0 Å². The molecule has 0 heterocycles. The van der Waals surface area contributed by atoms with E-state index in [1.165, 1.54) is 32.1 Å². The fraction of sp³-hybridized carbons (Fsp3) is 0.958. The number of aliphatic hydroxyl groups excluding tert-OH is 1. The molecule has 0 aromatic rings. The topological polar surface area (TPSA) is 53.2 Å². The van der Waals surface area contributed by atoms with Crippen LogP contribution in [0, 0.1) is 57.7 Å². The zero-order valence-electron chi connectivity index (χ0n) is 17.8. The van der Waals surface area contributed by atoms with Crippen LogP contribution in [0.4, 0.5) is 0 Å². The van der Waals surface area contributed by atoms with Gasteiger partial charge in [0.15, 0.2) is 0 Å². The number of hydrogen-bond acceptors (Lipinski definition) is 3. The maximum atomic E-state index is 10.7. The largest absolute Gasteiger partial charge is 0.390 e. The predicted molar refractivity (Wildman–Crippen MR) is 107 cm³/mol. The zero-order valence-corrected chi connectivity index (χ0v) is 17.8. The van der Waals surface area contributed by atoms with Crippen molar-refractivity contribution >= 4 is 0 Å². The van der Waals surface area contributed by atoms with E-state index in [-0.39, 0.29) is 23.5 Å². The fourth-order valence-corrected chi connectivity index (χ4v) is 7.95. The molecule has 4 fully saturated rings. The third-order valence-corrected chi connectivity index (χ3v) is 9.46. The average Bonchev–Trinajstić information content (AvgIpc) is 2.96. The second kappa shape index (κ2) is 7.03. The van der Waals surface area contributed by atoms with Crippen LogP contribution in [0.15, 0.2) is 0 Å². The van der Waals surface area contributed by atoms with Gasteiger partial charge < -0.3 is 9.84 Å². The van der Waals surface area contributed by atoms with Gasteiger partial charge in [-0.05, 0) is 91.8 Å². The highest BCUT2D eigenvalue weighted by molar-refractivity contribution is 5.13. The third kappa shape index (κ3) is 3.06. The summed E-state index contributed by atoms with van der Waals surface area (Å²) in [5, 5.41) is 20.4. The molecule has 0 aliphatic heterocycles. The average molecular weight is 374 g/mol. The second-order valence-electron chi connectivity index (χ2n) is 11.2. The minimum Gasteiger partial charge on any atom is -0.390 e. The van der Waals surface area contributed by atoms with Crippen LogP contribution in [0.3, 0.4) is 0 Å². The molecule has 9 atom stereocenters. The second-order valence-corrected chi connectivity index (χ2v) is 11.2. The Labute approximate surface area is 165 Å². The summed E-state index contributed by atoms with van der Waals surface area (Å²) in [5.41, 5.74) is 0.552. The normalized spacial score (nSPS) is 52.0. The Morgan fingerprint density at radius 3 is 2.52 bits per heavy atom. The van der Waals surface area contributed by atoms with Gasteiger partial charge in [-0.3, -0.25) is 0 Å². The summed E-state index contributed by atoms with van der Waals surface area (Å²) in [5.74, 6) is 3.70. The fourth-order valence-electron chi connectivity index (χ4n) is 7.95. The molecule has 4 saturated carbocycles. The van der Waals surface area contributed by atoms with Crippen molar-refractivity contribution in [3.63, 3.8) is 0 Å². The summed E-state index contributed by atoms with van der Waals surface area (Å²) in [4.78, 5) is 0. The smallest absolute Gasteiger partial charge is 0.0839 e. The molecule has 3 nitrogen and oxygen atoms in total. The Kier molecular flexibility index (Phi) is 5.13. The van der Waals surface area contributed by atoms with Gasteiger partial charge in [-0.1, -0.05) is 27.7 Å². The van der Waals surface area contributed by atoms with Gasteiger partial charge in [0.25, 0.3) is 0 Å². The zero-order chi connectivity index (χ0) is 19.4. The van der Waals surface area contributed by atoms with Crippen molar-refractivity contribution in [1.29, 1.82) is 5.26 Å². The van der Waals surface area contributed by atoms with E-state index in [0.29, 0.717) is 17.3 Å². The van der Waals surface area contributed by atoms with Crippen molar-refractivity contribution in [2.24, 2.45) is 46.3 Å². The lowest BCUT2D eigenvalue weighted by atomic mass is 9.44. The summed E-state index contributed by atoms with van der Waals surface area (Å²) in [6.45, 7) is 10.1. The number of nitriles is 1. The SMILES string of the molecule is CC(C)CO[C@H]1C[C@]2(C)C3CC[C@]4(C)[C@@H](C#N)CC[C@H]4[C@@H]3CC[C@H]2C[C@@H]1O. The van der Waals surface area contributed by atoms with Crippen molar-refractivity contribution in [2.75, 3.05) is 6.61 Å². The maximum Gasteiger partial charge on any atom is 0.0839 e. The molecule has 0 bridgehead atoms. The Hall–Kier alpha value is -0.590. The molecule has 152 valence electrons. The van der Waals surface area contributed by atoms with E-state index in [2.05, 4.69) is 33.8 Å². The molecule has 27 heavy (non-hydrogen) atoms. The Balaban J connectivity index is 1.55. The van der Waals surface area contributed by atoms with Crippen LogP contribution in [0.25, 0.3) is 0 Å². The molecule has 4 aliphatic rings. The van der Waals surface area contributed by atoms with E-state index < -0.39 is 0 Å². The minimum absolute atomic E-state index is 0.0103. The van der Waals surface area contributed by atoms with E-state index in [1.54, 1.807) is 0 Å². The van der Waals surface area contributed by atoms with Crippen LogP contribution in [-0.2, 0) is 4.74 Å². The van der Waals surface area contributed by atoms with Gasteiger partial charge >= 0.3 is 0 Å². The van der Waals surface area contributed by atoms with E-state index >= 15 is 0 Å². The van der Waals surface area contributed by atoms with Crippen molar-refractivity contribution in [1.82, 2.24) is 0 Å². The molecule has 1 N–H and O–H groups in total. The molecular weight excluding hydrogens is 334 g/mol. The van der Waals surface area contributed by atoms with E-state index in [4.69, 9.17) is 4.74 Å². The molecule has 0 saturated heterocycles. The number of nitrogens with zero attached hydrogens (tertiary/aromatic N) is 1. The minimum atomic E-state index is -0.290. The highest BCUT2D eigenvalue weighted by Crippen LogP contribution is 2.67. The summed E-state index contributed by atoms with van der Waals surface area (Å²) in [6.07, 6.45) is 9.10. The molecule has 0 aromatic heterocycles. The van der Waals surface area contributed by atoms with Gasteiger partial charge in [-0.15, -0.1) is 0 Å². The van der Waals surface area contributed by atoms with E-state index in [1.807, 2.05) is 0 Å². The first-order valence-corrected chi connectivity index (χ1v) is 11.5. The van der Waals surface area contributed by atoms with Crippen LogP contribution in [-0.4, -0.2) is 23.9 Å². The van der Waals surface area contributed by atoms with Crippen LogP contribution in [0.5, 0.6) is 0 Å². The molecule has 4 aliphatic carbocycles. The summed E-state index contributed by atoms with van der Waals surface area (Å²) in [7, 11) is 0. The van der Waals surface area contributed by atoms with Gasteiger partial charge in [0.2, 0.25) is 0 Å². The number of aliphatic hydroxyl groups is 1. The van der Waals surface area contributed by atoms with Gasteiger partial charge in [0, 0.05) is 6.61 Å². The monoisotopic (exact) mass is 373 g/mol. The van der Waals surface area contributed by atoms with Crippen molar-refractivity contribution in [3.05, 3.63) is 0 Å². The maximum absolute atomic E-state index is 10.7. The lowest BCUT2D eigenvalue weighted by Gasteiger charge is -2.61. The standard InChI is InChI=1S/C24H39NO2/c1-15(2)14-27-22-12-24(4)16(11-21(22)26)5-7-18-19-8-6-17(13-25)23(19,3)10-9-20(18)24/h15-22,26H,5-12,14H2,1-4H3/t16-,17+,18-,19-,20?,21-,22-,23+,24-/m0/s1. The van der Waals surface area contributed by atoms with Crippen LogP contribution in [0.2, 0.25) is 0 Å². The molecule has 0 radical (unpaired) electrons. The molecular formula is C24H39NO2. The van der Waals surface area contributed by atoms with Gasteiger partial charge in [-0.25, -0.2) is 0 Å². The predicted octanol–water partition coefficient (Wildman–Crippen LogP) is 5.18. The van der Waals surface area contributed by atoms with E-state index in [0.717, 1.165) is 43.6 Å². The van der Waals surface area contributed by atoms with Crippen molar-refractivity contribution in [3.8, 4) is 6.07 Å². The first-order valence-electron chi connectivity index (χ1n) is 11.5. The molecule has 0 aromatic carbocycles. The molecule has 1 unspecified atom stereocenters. The van der Waals surface area contributed by atoms with Crippen LogP contribution >= 0.6 is 0 Å². The molecule has 0 amide bonds. The lowest BCUT2D eigenvalue weighted by Crippen LogP contribution is -2.57. The van der Waals surface area contributed by atoms with Crippen LogP contribution in [0.1, 0.15) is 79.1 Å². The third-order valence-electron chi connectivity index (χ3n) is 9.46. The highest BCUT2D eigenvalue weighted by atomic mass is 16.5. The molecule has 3 heteroatoms.